The summed E-state index contributed by atoms with van der Waals surface area (Å²) in [6.07, 6.45) is 4.85. The molecule has 0 bridgehead atoms. The Morgan fingerprint density at radius 3 is 2.78 bits per heavy atom. The van der Waals surface area contributed by atoms with Crippen molar-refractivity contribution in [3.63, 3.8) is 0 Å². The van der Waals surface area contributed by atoms with Crippen molar-refractivity contribution in [2.75, 3.05) is 24.3 Å². The predicted molar refractivity (Wildman–Crippen MR) is 70.8 cm³/mol. The van der Waals surface area contributed by atoms with Gasteiger partial charge in [0.15, 0.2) is 0 Å². The van der Waals surface area contributed by atoms with Crippen molar-refractivity contribution in [1.29, 1.82) is 0 Å². The van der Waals surface area contributed by atoms with Gasteiger partial charge in [-0.2, -0.15) is 0 Å². The second kappa shape index (κ2) is 5.27. The minimum atomic E-state index is -0.147. The molecule has 2 heterocycles. The smallest absolute Gasteiger partial charge is 0.262 e. The van der Waals surface area contributed by atoms with Crippen LogP contribution in [0.5, 0.6) is 0 Å². The van der Waals surface area contributed by atoms with Gasteiger partial charge in [0.2, 0.25) is 0 Å². The molecule has 0 unspecified atom stereocenters. The molecule has 0 radical (unpaired) electrons. The van der Waals surface area contributed by atoms with Gasteiger partial charge in [-0.3, -0.25) is 14.7 Å². The number of nitrogens with one attached hydrogen (secondary N) is 1. The molecule has 1 amide bonds. The van der Waals surface area contributed by atoms with Crippen LogP contribution < -0.4 is 10.2 Å². The standard InChI is InChI=1S/C13H14N4O/c1-14-11-6-8-15-9-10(11)13(18)17(2)12-5-3-4-7-16-12/h3-9H,1-2H3,(H,14,15). The molecule has 0 aliphatic carbocycles. The van der Waals surface area contributed by atoms with E-state index in [4.69, 9.17) is 0 Å². The Kier molecular flexibility index (Phi) is 3.52. The highest BCUT2D eigenvalue weighted by Gasteiger charge is 2.17. The topological polar surface area (TPSA) is 58.1 Å². The van der Waals surface area contributed by atoms with Gasteiger partial charge in [0.05, 0.1) is 5.56 Å². The third kappa shape index (κ3) is 2.29. The van der Waals surface area contributed by atoms with Gasteiger partial charge in [-0.15, -0.1) is 0 Å². The van der Waals surface area contributed by atoms with E-state index in [9.17, 15) is 4.79 Å². The van der Waals surface area contributed by atoms with Crippen molar-refractivity contribution in [2.24, 2.45) is 0 Å². The lowest BCUT2D eigenvalue weighted by atomic mass is 10.2. The number of hydrogen-bond donors (Lipinski definition) is 1. The molecule has 5 nitrogen and oxygen atoms in total. The summed E-state index contributed by atoms with van der Waals surface area (Å²) in [5.74, 6) is 0.458. The molecule has 1 N–H and O–H groups in total. The SMILES string of the molecule is CNc1ccncc1C(=O)N(C)c1ccccn1. The molecule has 0 saturated heterocycles. The maximum Gasteiger partial charge on any atom is 0.262 e. The van der Waals surface area contributed by atoms with E-state index in [1.807, 2.05) is 12.1 Å². The summed E-state index contributed by atoms with van der Waals surface area (Å²) in [7, 11) is 3.46. The average Bonchev–Trinajstić information content (AvgIpc) is 2.46. The number of pyridine rings is 2. The highest BCUT2D eigenvalue weighted by molar-refractivity contribution is 6.08. The van der Waals surface area contributed by atoms with Gasteiger partial charge in [0.1, 0.15) is 5.82 Å². The molecule has 0 saturated carbocycles. The number of carbonyl (C=O) groups is 1. The molecule has 2 aromatic rings. The maximum absolute atomic E-state index is 12.3. The molecule has 0 aliphatic rings. The second-order valence-electron chi connectivity index (χ2n) is 3.72. The fourth-order valence-electron chi connectivity index (χ4n) is 1.62. The molecule has 2 aromatic heterocycles. The third-order valence-electron chi connectivity index (χ3n) is 2.62. The summed E-state index contributed by atoms with van der Waals surface area (Å²) in [4.78, 5) is 22.0. The quantitative estimate of drug-likeness (QED) is 0.891. The number of amides is 1. The number of anilines is 2. The van der Waals surface area contributed by atoms with E-state index >= 15 is 0 Å². The third-order valence-corrected chi connectivity index (χ3v) is 2.62. The van der Waals surface area contributed by atoms with Crippen LogP contribution in [0.4, 0.5) is 11.5 Å². The zero-order valence-electron chi connectivity index (χ0n) is 10.3. The Labute approximate surface area is 105 Å². The first-order valence-electron chi connectivity index (χ1n) is 5.55. The Balaban J connectivity index is 2.32. The Morgan fingerprint density at radius 1 is 1.28 bits per heavy atom. The molecule has 5 heteroatoms. The summed E-state index contributed by atoms with van der Waals surface area (Å²) >= 11 is 0. The van der Waals surface area contributed by atoms with E-state index in [2.05, 4.69) is 15.3 Å². The van der Waals surface area contributed by atoms with Crippen LogP contribution >= 0.6 is 0 Å². The number of nitrogens with zero attached hydrogens (tertiary/aromatic N) is 3. The van der Waals surface area contributed by atoms with Gasteiger partial charge in [-0.05, 0) is 18.2 Å². The monoisotopic (exact) mass is 242 g/mol. The Hall–Kier alpha value is -2.43. The molecular weight excluding hydrogens is 228 g/mol. The van der Waals surface area contributed by atoms with Gasteiger partial charge < -0.3 is 5.32 Å². The van der Waals surface area contributed by atoms with Crippen LogP contribution in [0, 0.1) is 0 Å². The number of hydrogen-bond acceptors (Lipinski definition) is 4. The van der Waals surface area contributed by atoms with Crippen LogP contribution in [0.15, 0.2) is 42.9 Å². The van der Waals surface area contributed by atoms with Crippen molar-refractivity contribution in [2.45, 2.75) is 0 Å². The van der Waals surface area contributed by atoms with Crippen molar-refractivity contribution in [3.8, 4) is 0 Å². The van der Waals surface area contributed by atoms with Crippen LogP contribution in [0.3, 0.4) is 0 Å². The molecular formula is C13H14N4O. The van der Waals surface area contributed by atoms with Crippen molar-refractivity contribution in [1.82, 2.24) is 9.97 Å². The molecule has 0 aromatic carbocycles. The first kappa shape index (κ1) is 12.0. The second-order valence-corrected chi connectivity index (χ2v) is 3.72. The van der Waals surface area contributed by atoms with Crippen LogP contribution in [-0.2, 0) is 0 Å². The summed E-state index contributed by atoms with van der Waals surface area (Å²) < 4.78 is 0. The minimum Gasteiger partial charge on any atom is -0.387 e. The first-order chi connectivity index (χ1) is 8.74. The van der Waals surface area contributed by atoms with E-state index < -0.39 is 0 Å². The van der Waals surface area contributed by atoms with Crippen molar-refractivity contribution in [3.05, 3.63) is 48.4 Å². The molecule has 0 fully saturated rings. The maximum atomic E-state index is 12.3. The molecule has 92 valence electrons. The fraction of sp³-hybridized carbons (Fsp3) is 0.154. The molecule has 0 spiro atoms. The molecule has 2 rings (SSSR count). The summed E-state index contributed by atoms with van der Waals surface area (Å²) in [5.41, 5.74) is 1.27. The van der Waals surface area contributed by atoms with Crippen LogP contribution in [0.2, 0.25) is 0 Å². The van der Waals surface area contributed by atoms with Gasteiger partial charge >= 0.3 is 0 Å². The first-order valence-corrected chi connectivity index (χ1v) is 5.55. The summed E-state index contributed by atoms with van der Waals surface area (Å²) in [5, 5.41) is 2.97. The van der Waals surface area contributed by atoms with Crippen molar-refractivity contribution >= 4 is 17.4 Å². The molecule has 18 heavy (non-hydrogen) atoms. The number of aromatic nitrogens is 2. The predicted octanol–water partition coefficient (Wildman–Crippen LogP) is 1.79. The van der Waals surface area contributed by atoms with Gasteiger partial charge in [0.25, 0.3) is 5.91 Å². The zero-order chi connectivity index (χ0) is 13.0. The van der Waals surface area contributed by atoms with E-state index in [1.54, 1.807) is 44.8 Å². The zero-order valence-corrected chi connectivity index (χ0v) is 10.3. The molecule has 0 aliphatic heterocycles. The van der Waals surface area contributed by atoms with Crippen LogP contribution in [-0.4, -0.2) is 30.0 Å². The highest BCUT2D eigenvalue weighted by atomic mass is 16.2. The lowest BCUT2D eigenvalue weighted by Gasteiger charge is -2.17. The van der Waals surface area contributed by atoms with E-state index in [0.717, 1.165) is 5.69 Å². The van der Waals surface area contributed by atoms with Crippen LogP contribution in [0.1, 0.15) is 10.4 Å². The van der Waals surface area contributed by atoms with Crippen molar-refractivity contribution < 1.29 is 4.79 Å². The Morgan fingerprint density at radius 2 is 2.11 bits per heavy atom. The van der Waals surface area contributed by atoms with E-state index in [-0.39, 0.29) is 5.91 Å². The normalized spacial score (nSPS) is 9.89. The fourth-order valence-corrected chi connectivity index (χ4v) is 1.62. The van der Waals surface area contributed by atoms with Gasteiger partial charge in [-0.25, -0.2) is 4.98 Å². The number of carbonyl (C=O) groups excluding carboxylic acids is 1. The summed E-state index contributed by atoms with van der Waals surface area (Å²) in [6.45, 7) is 0. The van der Waals surface area contributed by atoms with Gasteiger partial charge in [0, 0.05) is 38.4 Å². The lowest BCUT2D eigenvalue weighted by Crippen LogP contribution is -2.27. The summed E-state index contributed by atoms with van der Waals surface area (Å²) in [6, 6.07) is 7.20. The largest absolute Gasteiger partial charge is 0.387 e. The minimum absolute atomic E-state index is 0.147. The van der Waals surface area contributed by atoms with Gasteiger partial charge in [-0.1, -0.05) is 6.07 Å². The van der Waals surface area contributed by atoms with Crippen LogP contribution in [0.25, 0.3) is 0 Å². The van der Waals surface area contributed by atoms with E-state index in [1.165, 1.54) is 4.90 Å². The Bertz CT molecular complexity index is 542. The highest BCUT2D eigenvalue weighted by Crippen LogP contribution is 2.17. The van der Waals surface area contributed by atoms with E-state index in [0.29, 0.717) is 11.4 Å². The molecule has 0 atom stereocenters. The average molecular weight is 242 g/mol. The number of rotatable bonds is 3. The lowest BCUT2D eigenvalue weighted by molar-refractivity contribution is 0.0992.